The molecule has 2 aromatic heterocycles. The highest BCUT2D eigenvalue weighted by atomic mass is 19.4. The van der Waals surface area contributed by atoms with Crippen LogP contribution in [0.3, 0.4) is 0 Å². The fourth-order valence-electron chi connectivity index (χ4n) is 3.36. The average Bonchev–Trinajstić information content (AvgIpc) is 3.38. The summed E-state index contributed by atoms with van der Waals surface area (Å²) in [5.74, 6) is -1.05. The van der Waals surface area contributed by atoms with Crippen LogP contribution < -0.4 is 20.1 Å². The van der Waals surface area contributed by atoms with Gasteiger partial charge in [-0.3, -0.25) is 9.59 Å². The van der Waals surface area contributed by atoms with Crippen LogP contribution in [0.2, 0.25) is 0 Å². The number of pyridine rings is 1. The Hall–Kier alpha value is -4.87. The van der Waals surface area contributed by atoms with E-state index in [4.69, 9.17) is 4.74 Å². The third-order valence-electron chi connectivity index (χ3n) is 5.24. The molecular formula is C27H24F3N5O4. The number of rotatable bonds is 11. The number of amides is 2. The third-order valence-corrected chi connectivity index (χ3v) is 5.24. The molecule has 0 unspecified atom stereocenters. The predicted molar refractivity (Wildman–Crippen MR) is 135 cm³/mol. The maximum atomic E-state index is 12.9. The lowest BCUT2D eigenvalue weighted by molar-refractivity contribution is -0.154. The number of nitrogens with zero attached hydrogens (tertiary/aromatic N) is 3. The zero-order valence-electron chi connectivity index (χ0n) is 20.5. The normalized spacial score (nSPS) is 11.1. The number of nitrogens with one attached hydrogen (secondary N) is 2. The first kappa shape index (κ1) is 27.2. The minimum Gasteiger partial charge on any atom is -0.471 e. The molecule has 0 aliphatic carbocycles. The van der Waals surface area contributed by atoms with Crippen LogP contribution >= 0.6 is 0 Å². The first-order valence-corrected chi connectivity index (χ1v) is 11.8. The van der Waals surface area contributed by atoms with E-state index in [1.807, 2.05) is 60.7 Å². The van der Waals surface area contributed by atoms with Crippen molar-refractivity contribution in [3.63, 3.8) is 0 Å². The largest absolute Gasteiger partial charge is 0.471 e. The molecule has 2 heterocycles. The van der Waals surface area contributed by atoms with E-state index in [1.165, 1.54) is 12.1 Å². The lowest BCUT2D eigenvalue weighted by atomic mass is 10.2. The third kappa shape index (κ3) is 8.06. The van der Waals surface area contributed by atoms with E-state index in [2.05, 4.69) is 25.5 Å². The number of hydrogen-bond donors (Lipinski definition) is 2. The molecule has 9 nitrogen and oxygen atoms in total. The van der Waals surface area contributed by atoms with Crippen molar-refractivity contribution < 1.29 is 32.2 Å². The maximum absolute atomic E-state index is 12.9. The van der Waals surface area contributed by atoms with Gasteiger partial charge < -0.3 is 20.1 Å². The van der Waals surface area contributed by atoms with Gasteiger partial charge >= 0.3 is 6.18 Å². The van der Waals surface area contributed by atoms with Crippen LogP contribution in [0.15, 0.2) is 85.2 Å². The minimum atomic E-state index is -4.49. The average molecular weight is 540 g/mol. The van der Waals surface area contributed by atoms with Gasteiger partial charge in [0.15, 0.2) is 6.61 Å². The van der Waals surface area contributed by atoms with Crippen LogP contribution in [0.4, 0.5) is 13.2 Å². The van der Waals surface area contributed by atoms with Crippen molar-refractivity contribution in [3.8, 4) is 17.4 Å². The molecule has 0 bridgehead atoms. The van der Waals surface area contributed by atoms with E-state index in [9.17, 15) is 22.8 Å². The standard InChI is InChI=1S/C27H24F3N5O4/c28-27(29,30)18-39-23-12-11-20(15-33-23)24(36)31-13-14-32-25(37)22-16-35(21-9-5-2-6-10-21)34-26(22)38-17-19-7-3-1-4-8-19/h1-12,15-16H,13-14,17-18H2,(H,31,36)(H,32,37). The minimum absolute atomic E-state index is 0.0872. The first-order chi connectivity index (χ1) is 18.8. The second-order valence-corrected chi connectivity index (χ2v) is 8.20. The summed E-state index contributed by atoms with van der Waals surface area (Å²) >= 11 is 0. The number of ether oxygens (including phenoxy) is 2. The molecule has 0 radical (unpaired) electrons. The van der Waals surface area contributed by atoms with Crippen molar-refractivity contribution in [2.24, 2.45) is 0 Å². The van der Waals surface area contributed by atoms with Crippen LogP contribution in [0.1, 0.15) is 26.3 Å². The molecule has 12 heteroatoms. The van der Waals surface area contributed by atoms with Crippen molar-refractivity contribution in [2.45, 2.75) is 12.8 Å². The molecule has 0 spiro atoms. The summed E-state index contributed by atoms with van der Waals surface area (Å²) in [7, 11) is 0. The summed E-state index contributed by atoms with van der Waals surface area (Å²) in [5, 5.41) is 9.76. The summed E-state index contributed by atoms with van der Waals surface area (Å²) in [5.41, 5.74) is 2.01. The number of para-hydroxylation sites is 1. The van der Waals surface area contributed by atoms with Crippen LogP contribution in [-0.4, -0.2) is 52.5 Å². The first-order valence-electron chi connectivity index (χ1n) is 11.8. The van der Waals surface area contributed by atoms with Crippen molar-refractivity contribution in [2.75, 3.05) is 19.7 Å². The van der Waals surface area contributed by atoms with Gasteiger partial charge in [-0.25, -0.2) is 9.67 Å². The topological polar surface area (TPSA) is 107 Å². The van der Waals surface area contributed by atoms with Gasteiger partial charge in [-0.2, -0.15) is 13.2 Å². The number of carbonyl (C=O) groups excluding carboxylic acids is 2. The van der Waals surface area contributed by atoms with Crippen molar-refractivity contribution >= 4 is 11.8 Å². The Labute approximate surface area is 221 Å². The lowest BCUT2D eigenvalue weighted by Crippen LogP contribution is -2.34. The van der Waals surface area contributed by atoms with Crippen molar-refractivity contribution in [3.05, 3.63) is 102 Å². The Morgan fingerprint density at radius 1 is 0.846 bits per heavy atom. The second kappa shape index (κ2) is 12.6. The molecule has 39 heavy (non-hydrogen) atoms. The van der Waals surface area contributed by atoms with E-state index in [0.717, 1.165) is 17.4 Å². The molecule has 0 aliphatic heterocycles. The number of halogens is 3. The van der Waals surface area contributed by atoms with Crippen LogP contribution in [0.5, 0.6) is 11.8 Å². The van der Waals surface area contributed by atoms with E-state index < -0.39 is 24.6 Å². The molecule has 0 saturated carbocycles. The summed E-state index contributed by atoms with van der Waals surface area (Å²) in [6.07, 6.45) is -1.82. The second-order valence-electron chi connectivity index (χ2n) is 8.20. The summed E-state index contributed by atoms with van der Waals surface area (Å²) < 4.78 is 48.6. The van der Waals surface area contributed by atoms with Gasteiger partial charge in [-0.05, 0) is 23.8 Å². The predicted octanol–water partition coefficient (Wildman–Crippen LogP) is 3.95. The quantitative estimate of drug-likeness (QED) is 0.280. The lowest BCUT2D eigenvalue weighted by Gasteiger charge is -2.09. The monoisotopic (exact) mass is 539 g/mol. The van der Waals surface area contributed by atoms with E-state index >= 15 is 0 Å². The Bertz CT molecular complexity index is 1380. The zero-order chi connectivity index (χ0) is 27.7. The molecule has 0 fully saturated rings. The zero-order valence-corrected chi connectivity index (χ0v) is 20.5. The van der Waals surface area contributed by atoms with Crippen molar-refractivity contribution in [1.82, 2.24) is 25.4 Å². The van der Waals surface area contributed by atoms with Gasteiger partial charge in [0.25, 0.3) is 11.8 Å². The van der Waals surface area contributed by atoms with Crippen LogP contribution in [-0.2, 0) is 6.61 Å². The molecular weight excluding hydrogens is 515 g/mol. The van der Waals surface area contributed by atoms with Gasteiger partial charge in [0.2, 0.25) is 11.8 Å². The van der Waals surface area contributed by atoms with E-state index in [-0.39, 0.29) is 42.6 Å². The van der Waals surface area contributed by atoms with Crippen molar-refractivity contribution in [1.29, 1.82) is 0 Å². The summed E-state index contributed by atoms with van der Waals surface area (Å²) in [6, 6.07) is 21.2. The molecule has 0 aliphatic rings. The molecule has 2 N–H and O–H groups in total. The van der Waals surface area contributed by atoms with Gasteiger partial charge in [0, 0.05) is 31.5 Å². The molecule has 2 amide bonds. The van der Waals surface area contributed by atoms with Gasteiger partial charge in [-0.15, -0.1) is 5.10 Å². The molecule has 2 aromatic carbocycles. The fourth-order valence-corrected chi connectivity index (χ4v) is 3.36. The number of alkyl halides is 3. The molecule has 4 aromatic rings. The highest BCUT2D eigenvalue weighted by Gasteiger charge is 2.28. The Morgan fingerprint density at radius 2 is 1.51 bits per heavy atom. The van der Waals surface area contributed by atoms with E-state index in [0.29, 0.717) is 0 Å². The molecule has 0 atom stereocenters. The number of hydrogen-bond acceptors (Lipinski definition) is 6. The SMILES string of the molecule is O=C(NCCNC(=O)c1cn(-c2ccccc2)nc1OCc1ccccc1)c1ccc(OCC(F)(F)F)nc1. The summed E-state index contributed by atoms with van der Waals surface area (Å²) in [6.45, 7) is -1.07. The summed E-state index contributed by atoms with van der Waals surface area (Å²) in [4.78, 5) is 28.9. The Balaban J connectivity index is 1.32. The van der Waals surface area contributed by atoms with Crippen LogP contribution in [0, 0.1) is 0 Å². The molecule has 202 valence electrons. The smallest absolute Gasteiger partial charge is 0.422 e. The number of aromatic nitrogens is 3. The molecule has 0 saturated heterocycles. The number of benzene rings is 2. The highest BCUT2D eigenvalue weighted by molar-refractivity contribution is 5.96. The van der Waals surface area contributed by atoms with Gasteiger partial charge in [0.05, 0.1) is 11.3 Å². The maximum Gasteiger partial charge on any atom is 0.422 e. The fraction of sp³-hybridized carbons (Fsp3) is 0.185. The van der Waals surface area contributed by atoms with Gasteiger partial charge in [0.1, 0.15) is 12.2 Å². The Kier molecular flexibility index (Phi) is 8.77. The van der Waals surface area contributed by atoms with Crippen LogP contribution in [0.25, 0.3) is 5.69 Å². The van der Waals surface area contributed by atoms with E-state index in [1.54, 1.807) is 10.9 Å². The Morgan fingerprint density at radius 3 is 2.15 bits per heavy atom. The number of carbonyl (C=O) groups is 2. The molecule has 4 rings (SSSR count). The highest BCUT2D eigenvalue weighted by Crippen LogP contribution is 2.21. The van der Waals surface area contributed by atoms with Gasteiger partial charge in [-0.1, -0.05) is 48.5 Å².